The summed E-state index contributed by atoms with van der Waals surface area (Å²) >= 11 is 0. The molecule has 4 atom stereocenters. The monoisotopic (exact) mass is 298 g/mol. The Balaban J connectivity index is 2.50. The lowest BCUT2D eigenvalue weighted by atomic mass is 9.87. The van der Waals surface area contributed by atoms with Crippen molar-refractivity contribution in [2.45, 2.75) is 58.3 Å². The molecular formula is C14H22N2O5. The highest BCUT2D eigenvalue weighted by atomic mass is 16.7. The average Bonchev–Trinajstić information content (AvgIpc) is 2.52. The molecule has 0 aliphatic carbocycles. The predicted molar refractivity (Wildman–Crippen MR) is 75.9 cm³/mol. The zero-order valence-corrected chi connectivity index (χ0v) is 12.9. The minimum atomic E-state index is -1.37. The summed E-state index contributed by atoms with van der Waals surface area (Å²) in [6, 6.07) is 1.25. The third-order valence-electron chi connectivity index (χ3n) is 4.02. The minimum absolute atomic E-state index is 0.0623. The van der Waals surface area contributed by atoms with Crippen LogP contribution in [0.4, 0.5) is 0 Å². The molecule has 1 fully saturated rings. The second-order valence-corrected chi connectivity index (χ2v) is 6.23. The molecular weight excluding hydrogens is 276 g/mol. The van der Waals surface area contributed by atoms with Gasteiger partial charge in [0, 0.05) is 18.2 Å². The van der Waals surface area contributed by atoms with Crippen LogP contribution in [-0.4, -0.2) is 32.1 Å². The van der Waals surface area contributed by atoms with Crippen LogP contribution in [0, 0.1) is 5.92 Å². The van der Waals surface area contributed by atoms with Crippen LogP contribution in [0.5, 0.6) is 0 Å². The molecule has 7 heteroatoms. The quantitative estimate of drug-likeness (QED) is 0.797. The van der Waals surface area contributed by atoms with E-state index in [9.17, 15) is 14.7 Å². The summed E-state index contributed by atoms with van der Waals surface area (Å²) in [7, 11) is 0. The Labute approximate surface area is 122 Å². The number of H-pyrrole nitrogens is 1. The zero-order valence-electron chi connectivity index (χ0n) is 12.9. The van der Waals surface area contributed by atoms with Crippen molar-refractivity contribution in [1.82, 2.24) is 9.55 Å². The molecule has 21 heavy (non-hydrogen) atoms. The summed E-state index contributed by atoms with van der Waals surface area (Å²) in [6.07, 6.45) is 0.474. The van der Waals surface area contributed by atoms with E-state index < -0.39 is 28.9 Å². The number of aromatic amines is 1. The summed E-state index contributed by atoms with van der Waals surface area (Å²) in [5.41, 5.74) is -1.96. The van der Waals surface area contributed by atoms with Crippen molar-refractivity contribution in [2.75, 3.05) is 0 Å². The first-order valence-corrected chi connectivity index (χ1v) is 6.94. The number of hydrogen-bond donors (Lipinski definition) is 2. The lowest BCUT2D eigenvalue weighted by Crippen LogP contribution is -2.49. The number of hydrogen-bond acceptors (Lipinski definition) is 5. The van der Waals surface area contributed by atoms with Crippen LogP contribution >= 0.6 is 0 Å². The molecule has 0 aromatic carbocycles. The number of aliphatic hydroxyl groups is 1. The highest BCUT2D eigenvalue weighted by Gasteiger charge is 2.54. The number of aromatic nitrogens is 2. The van der Waals surface area contributed by atoms with E-state index in [-0.39, 0.29) is 12.0 Å². The predicted octanol–water partition coefficient (Wildman–Crippen LogP) is 0.594. The van der Waals surface area contributed by atoms with Gasteiger partial charge in [-0.2, -0.15) is 0 Å². The van der Waals surface area contributed by atoms with Crippen molar-refractivity contribution >= 4 is 0 Å². The van der Waals surface area contributed by atoms with Gasteiger partial charge in [-0.15, -0.1) is 0 Å². The Morgan fingerprint density at radius 2 is 2.05 bits per heavy atom. The Bertz CT molecular complexity index is 629. The molecule has 1 aliphatic heterocycles. The number of rotatable bonds is 3. The molecule has 1 aromatic rings. The molecule has 0 spiro atoms. The second-order valence-electron chi connectivity index (χ2n) is 6.23. The lowest BCUT2D eigenvalue weighted by Gasteiger charge is -2.38. The number of ether oxygens (including phenoxy) is 2. The normalized spacial score (nSPS) is 33.3. The SMILES string of the molecule is CC1OC(n2ccc(=O)[nH]c2=O)C(C)(OC(C)(C)O)C1C. The molecule has 0 bridgehead atoms. The van der Waals surface area contributed by atoms with Crippen LogP contribution in [0.15, 0.2) is 21.9 Å². The van der Waals surface area contributed by atoms with Crippen molar-refractivity contribution in [3.8, 4) is 0 Å². The molecule has 2 N–H and O–H groups in total. The smallest absolute Gasteiger partial charge is 0.330 e. The summed E-state index contributed by atoms with van der Waals surface area (Å²) in [6.45, 7) is 8.67. The molecule has 0 saturated carbocycles. The Kier molecular flexibility index (Phi) is 3.86. The first kappa shape index (κ1) is 15.9. The number of nitrogens with zero attached hydrogens (tertiary/aromatic N) is 1. The fourth-order valence-corrected chi connectivity index (χ4v) is 2.78. The van der Waals surface area contributed by atoms with Crippen LogP contribution in [-0.2, 0) is 9.47 Å². The van der Waals surface area contributed by atoms with E-state index in [1.807, 2.05) is 13.8 Å². The van der Waals surface area contributed by atoms with Gasteiger partial charge in [0.25, 0.3) is 5.56 Å². The first-order valence-electron chi connectivity index (χ1n) is 6.94. The van der Waals surface area contributed by atoms with Crippen LogP contribution in [0.3, 0.4) is 0 Å². The van der Waals surface area contributed by atoms with Gasteiger partial charge in [0.15, 0.2) is 12.0 Å². The van der Waals surface area contributed by atoms with Gasteiger partial charge >= 0.3 is 5.69 Å². The molecule has 2 rings (SSSR count). The van der Waals surface area contributed by atoms with Crippen LogP contribution in [0.1, 0.15) is 40.8 Å². The molecule has 1 saturated heterocycles. The fourth-order valence-electron chi connectivity index (χ4n) is 2.78. The van der Waals surface area contributed by atoms with Crippen molar-refractivity contribution in [2.24, 2.45) is 5.92 Å². The van der Waals surface area contributed by atoms with Gasteiger partial charge in [0.05, 0.1) is 6.10 Å². The van der Waals surface area contributed by atoms with E-state index >= 15 is 0 Å². The van der Waals surface area contributed by atoms with Crippen molar-refractivity contribution in [3.05, 3.63) is 33.1 Å². The van der Waals surface area contributed by atoms with Crippen molar-refractivity contribution in [3.63, 3.8) is 0 Å². The summed E-state index contributed by atoms with van der Waals surface area (Å²) in [5.74, 6) is -1.44. The fraction of sp³-hybridized carbons (Fsp3) is 0.714. The van der Waals surface area contributed by atoms with Gasteiger partial charge < -0.3 is 14.6 Å². The minimum Gasteiger partial charge on any atom is -0.366 e. The Morgan fingerprint density at radius 1 is 1.43 bits per heavy atom. The van der Waals surface area contributed by atoms with E-state index in [0.29, 0.717) is 0 Å². The van der Waals surface area contributed by atoms with Crippen LogP contribution in [0.2, 0.25) is 0 Å². The Hall–Kier alpha value is -1.44. The largest absolute Gasteiger partial charge is 0.366 e. The zero-order chi connectivity index (χ0) is 16.0. The van der Waals surface area contributed by atoms with Gasteiger partial charge in [-0.25, -0.2) is 4.79 Å². The average molecular weight is 298 g/mol. The van der Waals surface area contributed by atoms with Crippen LogP contribution < -0.4 is 11.2 Å². The molecule has 1 aromatic heterocycles. The molecule has 2 heterocycles. The topological polar surface area (TPSA) is 93.6 Å². The standard InChI is InChI=1S/C14H22N2O5/c1-8-9(2)20-11(14(8,5)21-13(3,4)19)16-7-6-10(17)15-12(16)18/h6-9,11,19H,1-5H3,(H,15,17,18). The van der Waals surface area contributed by atoms with Crippen LogP contribution in [0.25, 0.3) is 0 Å². The summed E-state index contributed by atoms with van der Waals surface area (Å²) < 4.78 is 12.9. The van der Waals surface area contributed by atoms with E-state index in [2.05, 4.69) is 4.98 Å². The van der Waals surface area contributed by atoms with E-state index in [4.69, 9.17) is 9.47 Å². The third-order valence-corrected chi connectivity index (χ3v) is 4.02. The van der Waals surface area contributed by atoms with Gasteiger partial charge in [0.1, 0.15) is 5.60 Å². The molecule has 4 unspecified atom stereocenters. The molecule has 1 aliphatic rings. The van der Waals surface area contributed by atoms with Gasteiger partial charge in [-0.1, -0.05) is 6.92 Å². The van der Waals surface area contributed by atoms with Gasteiger partial charge in [-0.05, 0) is 27.7 Å². The molecule has 7 nitrogen and oxygen atoms in total. The third kappa shape index (κ3) is 2.95. The molecule has 0 radical (unpaired) electrons. The molecule has 118 valence electrons. The second kappa shape index (κ2) is 5.08. The number of nitrogens with one attached hydrogen (secondary N) is 1. The molecule has 0 amide bonds. The van der Waals surface area contributed by atoms with E-state index in [1.165, 1.54) is 30.7 Å². The van der Waals surface area contributed by atoms with Gasteiger partial charge in [-0.3, -0.25) is 14.3 Å². The maximum Gasteiger partial charge on any atom is 0.330 e. The van der Waals surface area contributed by atoms with Crippen molar-refractivity contribution in [1.29, 1.82) is 0 Å². The van der Waals surface area contributed by atoms with E-state index in [1.54, 1.807) is 6.92 Å². The maximum absolute atomic E-state index is 12.0. The maximum atomic E-state index is 12.0. The van der Waals surface area contributed by atoms with E-state index in [0.717, 1.165) is 0 Å². The first-order chi connectivity index (χ1) is 9.54. The highest BCUT2D eigenvalue weighted by molar-refractivity contribution is 4.99. The van der Waals surface area contributed by atoms with Crippen molar-refractivity contribution < 1.29 is 14.6 Å². The lowest BCUT2D eigenvalue weighted by molar-refractivity contribution is -0.270. The Morgan fingerprint density at radius 3 is 2.57 bits per heavy atom. The summed E-state index contributed by atoms with van der Waals surface area (Å²) in [4.78, 5) is 25.4. The summed E-state index contributed by atoms with van der Waals surface area (Å²) in [5, 5.41) is 10.0. The highest BCUT2D eigenvalue weighted by Crippen LogP contribution is 2.45. The van der Waals surface area contributed by atoms with Gasteiger partial charge in [0.2, 0.25) is 0 Å².